The fourth-order valence-corrected chi connectivity index (χ4v) is 3.41. The van der Waals surface area contributed by atoms with Gasteiger partial charge in [0.15, 0.2) is 0 Å². The Kier molecular flexibility index (Phi) is 5.24. The SMILES string of the molecule is Cc1nc([C@H](Cc2c[nH]c3ccccc23)NC(=O)CCc2ccno2)cc(=O)[nH]1. The molecule has 0 aliphatic heterocycles. The van der Waals surface area contributed by atoms with E-state index in [0.29, 0.717) is 30.1 Å². The summed E-state index contributed by atoms with van der Waals surface area (Å²) in [6.45, 7) is 1.72. The van der Waals surface area contributed by atoms with Crippen molar-refractivity contribution < 1.29 is 9.32 Å². The van der Waals surface area contributed by atoms with Crippen molar-refractivity contribution in [3.05, 3.63) is 82.0 Å². The van der Waals surface area contributed by atoms with E-state index in [1.165, 1.54) is 6.07 Å². The number of fused-ring (bicyclic) bond motifs is 1. The van der Waals surface area contributed by atoms with Gasteiger partial charge >= 0.3 is 0 Å². The number of carbonyl (C=O) groups is 1. The molecule has 0 aliphatic carbocycles. The van der Waals surface area contributed by atoms with Crippen LogP contribution in [0, 0.1) is 6.92 Å². The fourth-order valence-electron chi connectivity index (χ4n) is 3.41. The third-order valence-corrected chi connectivity index (χ3v) is 4.76. The normalized spacial score (nSPS) is 12.2. The van der Waals surface area contributed by atoms with Crippen molar-refractivity contribution in [2.75, 3.05) is 0 Å². The number of rotatable bonds is 7. The van der Waals surface area contributed by atoms with E-state index in [2.05, 4.69) is 25.4 Å². The molecule has 0 unspecified atom stereocenters. The molecule has 0 bridgehead atoms. The highest BCUT2D eigenvalue weighted by atomic mass is 16.5. The Hall–Kier alpha value is -3.68. The summed E-state index contributed by atoms with van der Waals surface area (Å²) in [5.74, 6) is 1.01. The molecule has 4 aromatic rings. The van der Waals surface area contributed by atoms with Crippen molar-refractivity contribution >= 4 is 16.8 Å². The second-order valence-corrected chi connectivity index (χ2v) is 6.92. The lowest BCUT2D eigenvalue weighted by atomic mass is 10.0. The number of benzene rings is 1. The minimum absolute atomic E-state index is 0.147. The predicted octanol–water partition coefficient (Wildman–Crippen LogP) is 2.58. The Bertz CT molecular complexity index is 1180. The molecule has 4 rings (SSSR count). The van der Waals surface area contributed by atoms with Gasteiger partial charge in [-0.2, -0.15) is 0 Å². The molecule has 3 heterocycles. The van der Waals surface area contributed by atoms with Gasteiger partial charge in [-0.25, -0.2) is 4.98 Å². The van der Waals surface area contributed by atoms with E-state index in [1.54, 1.807) is 19.2 Å². The molecule has 29 heavy (non-hydrogen) atoms. The highest BCUT2D eigenvalue weighted by Crippen LogP contribution is 2.23. The number of para-hydroxylation sites is 1. The summed E-state index contributed by atoms with van der Waals surface area (Å²) in [6.07, 6.45) is 4.69. The second kappa shape index (κ2) is 8.14. The van der Waals surface area contributed by atoms with Gasteiger partial charge in [-0.1, -0.05) is 23.4 Å². The van der Waals surface area contributed by atoms with Crippen molar-refractivity contribution in [1.29, 1.82) is 0 Å². The number of carbonyl (C=O) groups excluding carboxylic acids is 1. The molecule has 8 heteroatoms. The number of hydrogen-bond donors (Lipinski definition) is 3. The lowest BCUT2D eigenvalue weighted by Gasteiger charge is -2.18. The van der Waals surface area contributed by atoms with E-state index < -0.39 is 6.04 Å². The third-order valence-electron chi connectivity index (χ3n) is 4.76. The first-order valence-corrected chi connectivity index (χ1v) is 9.40. The quantitative estimate of drug-likeness (QED) is 0.448. The lowest BCUT2D eigenvalue weighted by molar-refractivity contribution is -0.121. The van der Waals surface area contributed by atoms with E-state index in [4.69, 9.17) is 4.52 Å². The molecule has 3 N–H and O–H groups in total. The van der Waals surface area contributed by atoms with Gasteiger partial charge in [0.1, 0.15) is 11.6 Å². The number of hydrogen-bond acceptors (Lipinski definition) is 5. The topological polar surface area (TPSA) is 117 Å². The molecule has 8 nitrogen and oxygen atoms in total. The van der Waals surface area contributed by atoms with Crippen LogP contribution in [0.15, 0.2) is 58.1 Å². The molecule has 0 saturated carbocycles. The zero-order valence-electron chi connectivity index (χ0n) is 15.9. The maximum absolute atomic E-state index is 12.6. The molecular weight excluding hydrogens is 370 g/mol. The molecule has 0 saturated heterocycles. The lowest BCUT2D eigenvalue weighted by Crippen LogP contribution is -2.32. The zero-order chi connectivity index (χ0) is 20.2. The number of nitrogens with one attached hydrogen (secondary N) is 3. The van der Waals surface area contributed by atoms with Crippen LogP contribution >= 0.6 is 0 Å². The van der Waals surface area contributed by atoms with Crippen LogP contribution in [0.1, 0.15) is 35.3 Å². The molecule has 0 spiro atoms. The predicted molar refractivity (Wildman–Crippen MR) is 107 cm³/mol. The van der Waals surface area contributed by atoms with Crippen LogP contribution < -0.4 is 10.9 Å². The van der Waals surface area contributed by atoms with Crippen molar-refractivity contribution in [1.82, 2.24) is 25.4 Å². The van der Waals surface area contributed by atoms with Crippen molar-refractivity contribution in [3.8, 4) is 0 Å². The van der Waals surface area contributed by atoms with Crippen LogP contribution in [0.25, 0.3) is 10.9 Å². The first kappa shape index (κ1) is 18.7. The summed E-state index contributed by atoms with van der Waals surface area (Å²) in [6, 6.07) is 10.7. The number of nitrogens with zero attached hydrogens (tertiary/aromatic N) is 2. The summed E-state index contributed by atoms with van der Waals surface area (Å²) in [5, 5.41) is 7.75. The molecule has 0 aliphatic rings. The molecule has 1 amide bonds. The smallest absolute Gasteiger partial charge is 0.251 e. The highest BCUT2D eigenvalue weighted by Gasteiger charge is 2.20. The average Bonchev–Trinajstić information content (AvgIpc) is 3.35. The van der Waals surface area contributed by atoms with E-state index in [9.17, 15) is 9.59 Å². The van der Waals surface area contributed by atoms with Crippen molar-refractivity contribution in [2.24, 2.45) is 0 Å². The maximum Gasteiger partial charge on any atom is 0.251 e. The Morgan fingerprint density at radius 2 is 2.14 bits per heavy atom. The maximum atomic E-state index is 12.6. The first-order valence-electron chi connectivity index (χ1n) is 9.40. The van der Waals surface area contributed by atoms with Crippen molar-refractivity contribution in [2.45, 2.75) is 32.2 Å². The van der Waals surface area contributed by atoms with E-state index in [-0.39, 0.29) is 17.9 Å². The van der Waals surface area contributed by atoms with Crippen LogP contribution in [0.2, 0.25) is 0 Å². The molecule has 0 radical (unpaired) electrons. The summed E-state index contributed by atoms with van der Waals surface area (Å²) in [4.78, 5) is 34.9. The van der Waals surface area contributed by atoms with Gasteiger partial charge in [0.05, 0.1) is 17.9 Å². The number of amides is 1. The molecule has 1 atom stereocenters. The second-order valence-electron chi connectivity index (χ2n) is 6.92. The Morgan fingerprint density at radius 1 is 1.28 bits per heavy atom. The van der Waals surface area contributed by atoms with Gasteiger partial charge in [-0.3, -0.25) is 9.59 Å². The van der Waals surface area contributed by atoms with Crippen LogP contribution in [0.3, 0.4) is 0 Å². The van der Waals surface area contributed by atoms with Crippen molar-refractivity contribution in [3.63, 3.8) is 0 Å². The van der Waals surface area contributed by atoms with Crippen LogP contribution in [0.4, 0.5) is 0 Å². The largest absolute Gasteiger partial charge is 0.361 e. The first-order chi connectivity index (χ1) is 14.1. The highest BCUT2D eigenvalue weighted by molar-refractivity contribution is 5.83. The molecule has 3 aromatic heterocycles. The average molecular weight is 391 g/mol. The van der Waals surface area contributed by atoms with Crippen LogP contribution in [-0.2, 0) is 17.6 Å². The molecule has 0 fully saturated rings. The minimum Gasteiger partial charge on any atom is -0.361 e. The number of aromatic nitrogens is 4. The van der Waals surface area contributed by atoms with Gasteiger partial charge in [0.2, 0.25) is 5.91 Å². The summed E-state index contributed by atoms with van der Waals surface area (Å²) in [7, 11) is 0. The van der Waals surface area contributed by atoms with E-state index in [1.807, 2.05) is 30.5 Å². The summed E-state index contributed by atoms with van der Waals surface area (Å²) in [5.41, 5.74) is 2.35. The Labute approximate surface area is 166 Å². The van der Waals surface area contributed by atoms with Gasteiger partial charge in [-0.15, -0.1) is 0 Å². The van der Waals surface area contributed by atoms with E-state index in [0.717, 1.165) is 16.5 Å². The van der Waals surface area contributed by atoms with Crippen LogP contribution in [0.5, 0.6) is 0 Å². The summed E-state index contributed by atoms with van der Waals surface area (Å²) >= 11 is 0. The third kappa shape index (κ3) is 4.43. The number of aromatic amines is 2. The van der Waals surface area contributed by atoms with Gasteiger partial charge < -0.3 is 19.8 Å². The molecule has 148 valence electrons. The van der Waals surface area contributed by atoms with Gasteiger partial charge in [0, 0.05) is 48.5 Å². The Balaban J connectivity index is 1.58. The molecular formula is C21H21N5O3. The standard InChI is InChI=1S/C21H21N5O3/c1-13-24-19(11-21(28)25-13)18(26-20(27)7-6-15-8-9-23-29-15)10-14-12-22-17-5-3-2-4-16(14)17/h2-5,8-9,11-12,18,22H,6-7,10H2,1H3,(H,26,27)(H,24,25,28)/t18-/m0/s1. The zero-order valence-corrected chi connectivity index (χ0v) is 15.9. The van der Waals surface area contributed by atoms with Gasteiger partial charge in [-0.05, 0) is 18.6 Å². The van der Waals surface area contributed by atoms with Crippen LogP contribution in [-0.4, -0.2) is 26.0 Å². The number of H-pyrrole nitrogens is 2. The number of aryl methyl sites for hydroxylation is 2. The summed E-state index contributed by atoms with van der Waals surface area (Å²) < 4.78 is 5.05. The Morgan fingerprint density at radius 3 is 2.93 bits per heavy atom. The minimum atomic E-state index is -0.433. The fraction of sp³-hybridized carbons (Fsp3) is 0.238. The molecule has 1 aromatic carbocycles. The van der Waals surface area contributed by atoms with E-state index >= 15 is 0 Å². The monoisotopic (exact) mass is 391 g/mol. The van der Waals surface area contributed by atoms with Gasteiger partial charge in [0.25, 0.3) is 5.56 Å².